The lowest BCUT2D eigenvalue weighted by atomic mass is 9.71. The van der Waals surface area contributed by atoms with E-state index in [1.165, 1.54) is 18.5 Å². The SMILES string of the molecule is CC(C)(C)C1CCC(NC(=O)CN2CCN(c3ccc(Cl)cc3)CC2)CC1. The average molecular weight is 392 g/mol. The number of halogens is 1. The normalized spacial score (nSPS) is 24.7. The maximum absolute atomic E-state index is 12.5. The molecule has 1 aromatic rings. The molecule has 5 heteroatoms. The molecule has 2 fully saturated rings. The summed E-state index contributed by atoms with van der Waals surface area (Å²) in [6, 6.07) is 8.37. The lowest BCUT2D eigenvalue weighted by Crippen LogP contribution is -2.51. The summed E-state index contributed by atoms with van der Waals surface area (Å²) < 4.78 is 0. The van der Waals surface area contributed by atoms with Crippen LogP contribution in [-0.2, 0) is 4.79 Å². The number of nitrogens with one attached hydrogen (secondary N) is 1. The standard InChI is InChI=1S/C22H34ClN3O/c1-22(2,3)17-4-8-19(9-5-17)24-21(27)16-25-12-14-26(15-13-25)20-10-6-18(23)7-11-20/h6-7,10-11,17,19H,4-5,8-9,12-16H2,1-3H3,(H,24,27). The van der Waals surface area contributed by atoms with Crippen molar-refractivity contribution in [3.05, 3.63) is 29.3 Å². The van der Waals surface area contributed by atoms with Crippen molar-refractivity contribution in [2.75, 3.05) is 37.6 Å². The van der Waals surface area contributed by atoms with Gasteiger partial charge in [-0.25, -0.2) is 0 Å². The van der Waals surface area contributed by atoms with Crippen LogP contribution in [0.2, 0.25) is 5.02 Å². The van der Waals surface area contributed by atoms with Gasteiger partial charge in [0.15, 0.2) is 0 Å². The fraction of sp³-hybridized carbons (Fsp3) is 0.682. The van der Waals surface area contributed by atoms with Gasteiger partial charge in [0.1, 0.15) is 0 Å². The van der Waals surface area contributed by atoms with E-state index in [4.69, 9.17) is 11.6 Å². The molecule has 1 N–H and O–H groups in total. The van der Waals surface area contributed by atoms with Crippen molar-refractivity contribution in [1.29, 1.82) is 0 Å². The van der Waals surface area contributed by atoms with E-state index in [0.29, 0.717) is 18.0 Å². The minimum Gasteiger partial charge on any atom is -0.369 e. The Bertz CT molecular complexity index is 609. The number of rotatable bonds is 4. The Morgan fingerprint density at radius 1 is 1.04 bits per heavy atom. The zero-order chi connectivity index (χ0) is 19.4. The smallest absolute Gasteiger partial charge is 0.234 e. The molecule has 0 spiro atoms. The lowest BCUT2D eigenvalue weighted by Gasteiger charge is -2.38. The second-order valence-corrected chi connectivity index (χ2v) is 9.66. The van der Waals surface area contributed by atoms with Gasteiger partial charge in [0.05, 0.1) is 6.54 Å². The van der Waals surface area contributed by atoms with Gasteiger partial charge in [-0.3, -0.25) is 9.69 Å². The van der Waals surface area contributed by atoms with E-state index < -0.39 is 0 Å². The summed E-state index contributed by atoms with van der Waals surface area (Å²) in [5.74, 6) is 0.973. The Labute approximate surface area is 169 Å². The highest BCUT2D eigenvalue weighted by Crippen LogP contribution is 2.37. The van der Waals surface area contributed by atoms with Crippen LogP contribution in [0.4, 0.5) is 5.69 Å². The van der Waals surface area contributed by atoms with Gasteiger partial charge in [0.2, 0.25) is 5.91 Å². The van der Waals surface area contributed by atoms with Crippen LogP contribution in [0.3, 0.4) is 0 Å². The molecule has 0 unspecified atom stereocenters. The van der Waals surface area contributed by atoms with Crippen LogP contribution in [0.1, 0.15) is 46.5 Å². The van der Waals surface area contributed by atoms with Crippen molar-refractivity contribution in [1.82, 2.24) is 10.2 Å². The molecule has 0 aromatic heterocycles. The maximum Gasteiger partial charge on any atom is 0.234 e. The van der Waals surface area contributed by atoms with Crippen molar-refractivity contribution >= 4 is 23.2 Å². The molecule has 1 saturated heterocycles. The Kier molecular flexibility index (Phi) is 6.69. The Morgan fingerprint density at radius 2 is 1.63 bits per heavy atom. The van der Waals surface area contributed by atoms with Gasteiger partial charge in [0, 0.05) is 42.9 Å². The van der Waals surface area contributed by atoms with Crippen molar-refractivity contribution in [2.24, 2.45) is 11.3 Å². The summed E-state index contributed by atoms with van der Waals surface area (Å²) in [6.45, 7) is 11.3. The molecule has 1 aromatic carbocycles. The minimum absolute atomic E-state index is 0.189. The third-order valence-electron chi connectivity index (χ3n) is 6.25. The highest BCUT2D eigenvalue weighted by molar-refractivity contribution is 6.30. The summed E-state index contributed by atoms with van der Waals surface area (Å²) in [6.07, 6.45) is 4.71. The van der Waals surface area contributed by atoms with Crippen molar-refractivity contribution in [3.63, 3.8) is 0 Å². The predicted octanol–water partition coefficient (Wildman–Crippen LogP) is 4.18. The number of nitrogens with zero attached hydrogens (tertiary/aromatic N) is 2. The summed E-state index contributed by atoms with van der Waals surface area (Å²) in [5.41, 5.74) is 1.60. The zero-order valence-corrected chi connectivity index (χ0v) is 17.8. The van der Waals surface area contributed by atoms with Gasteiger partial charge in [-0.2, -0.15) is 0 Å². The van der Waals surface area contributed by atoms with Gasteiger partial charge >= 0.3 is 0 Å². The Morgan fingerprint density at radius 3 is 2.19 bits per heavy atom. The van der Waals surface area contributed by atoms with Crippen LogP contribution in [-0.4, -0.2) is 49.6 Å². The van der Waals surface area contributed by atoms with Crippen LogP contribution in [0.5, 0.6) is 0 Å². The van der Waals surface area contributed by atoms with E-state index in [0.717, 1.165) is 50.0 Å². The first-order valence-corrected chi connectivity index (χ1v) is 10.7. The second kappa shape index (κ2) is 8.83. The highest BCUT2D eigenvalue weighted by Gasteiger charge is 2.30. The number of amides is 1. The Hall–Kier alpha value is -1.26. The molecule has 1 heterocycles. The van der Waals surface area contributed by atoms with Crippen LogP contribution >= 0.6 is 11.6 Å². The van der Waals surface area contributed by atoms with E-state index in [1.807, 2.05) is 12.1 Å². The summed E-state index contributed by atoms with van der Waals surface area (Å²) in [5, 5.41) is 4.05. The zero-order valence-electron chi connectivity index (χ0n) is 17.0. The van der Waals surface area contributed by atoms with Gasteiger partial charge in [-0.1, -0.05) is 32.4 Å². The van der Waals surface area contributed by atoms with Gasteiger partial charge in [-0.05, 0) is 61.3 Å². The average Bonchev–Trinajstić information content (AvgIpc) is 2.63. The minimum atomic E-state index is 0.189. The third-order valence-corrected chi connectivity index (χ3v) is 6.50. The quantitative estimate of drug-likeness (QED) is 0.836. The topological polar surface area (TPSA) is 35.6 Å². The molecule has 1 aliphatic carbocycles. The molecule has 4 nitrogen and oxygen atoms in total. The molecule has 1 amide bonds. The highest BCUT2D eigenvalue weighted by atomic mass is 35.5. The number of benzene rings is 1. The number of hydrogen-bond acceptors (Lipinski definition) is 3. The third kappa shape index (κ3) is 5.86. The molecule has 1 saturated carbocycles. The Balaban J connectivity index is 1.38. The van der Waals surface area contributed by atoms with Crippen molar-refractivity contribution in [2.45, 2.75) is 52.5 Å². The number of carbonyl (C=O) groups is 1. The number of anilines is 1. The predicted molar refractivity (Wildman–Crippen MR) is 113 cm³/mol. The van der Waals surface area contributed by atoms with Gasteiger partial charge in [-0.15, -0.1) is 0 Å². The first-order valence-electron chi connectivity index (χ1n) is 10.3. The second-order valence-electron chi connectivity index (χ2n) is 9.22. The van der Waals surface area contributed by atoms with E-state index >= 15 is 0 Å². The van der Waals surface area contributed by atoms with E-state index in [2.05, 4.69) is 48.0 Å². The van der Waals surface area contributed by atoms with Crippen LogP contribution < -0.4 is 10.2 Å². The van der Waals surface area contributed by atoms with E-state index in [1.54, 1.807) is 0 Å². The molecule has 0 bridgehead atoms. The van der Waals surface area contributed by atoms with E-state index in [-0.39, 0.29) is 5.91 Å². The molecule has 27 heavy (non-hydrogen) atoms. The van der Waals surface area contributed by atoms with Crippen molar-refractivity contribution < 1.29 is 4.79 Å². The van der Waals surface area contributed by atoms with Gasteiger partial charge in [0.25, 0.3) is 0 Å². The van der Waals surface area contributed by atoms with Crippen LogP contribution in [0.25, 0.3) is 0 Å². The summed E-state index contributed by atoms with van der Waals surface area (Å²) >= 11 is 5.97. The monoisotopic (exact) mass is 391 g/mol. The summed E-state index contributed by atoms with van der Waals surface area (Å²) in [7, 11) is 0. The van der Waals surface area contributed by atoms with Gasteiger partial charge < -0.3 is 10.2 Å². The van der Waals surface area contributed by atoms with Crippen LogP contribution in [0, 0.1) is 11.3 Å². The molecular formula is C22H34ClN3O. The molecule has 1 aliphatic heterocycles. The number of piperazine rings is 1. The number of hydrogen-bond donors (Lipinski definition) is 1. The first kappa shape index (κ1) is 20.5. The fourth-order valence-corrected chi connectivity index (χ4v) is 4.52. The van der Waals surface area contributed by atoms with Crippen molar-refractivity contribution in [3.8, 4) is 0 Å². The van der Waals surface area contributed by atoms with Crippen LogP contribution in [0.15, 0.2) is 24.3 Å². The molecule has 0 atom stereocenters. The lowest BCUT2D eigenvalue weighted by molar-refractivity contribution is -0.123. The van der Waals surface area contributed by atoms with E-state index in [9.17, 15) is 4.79 Å². The first-order chi connectivity index (χ1) is 12.8. The molecule has 2 aliphatic rings. The summed E-state index contributed by atoms with van der Waals surface area (Å²) in [4.78, 5) is 17.1. The molecular weight excluding hydrogens is 358 g/mol. The maximum atomic E-state index is 12.5. The fourth-order valence-electron chi connectivity index (χ4n) is 4.40. The largest absolute Gasteiger partial charge is 0.369 e. The molecule has 150 valence electrons. The number of carbonyl (C=O) groups excluding carboxylic acids is 1. The molecule has 3 rings (SSSR count). The molecule has 0 radical (unpaired) electrons.